The van der Waals surface area contributed by atoms with Crippen molar-refractivity contribution in [3.8, 4) is 0 Å². The summed E-state index contributed by atoms with van der Waals surface area (Å²) >= 11 is 0. The van der Waals surface area contributed by atoms with Crippen LogP contribution in [0.4, 0.5) is 5.69 Å². The van der Waals surface area contributed by atoms with Crippen LogP contribution in [-0.2, 0) is 4.79 Å². The number of aryl methyl sites for hydroxylation is 1. The maximum absolute atomic E-state index is 11.8. The van der Waals surface area contributed by atoms with E-state index in [2.05, 4.69) is 10.3 Å². The number of nitrogens with one attached hydrogen (secondary N) is 1. The van der Waals surface area contributed by atoms with Gasteiger partial charge < -0.3 is 11.1 Å². The summed E-state index contributed by atoms with van der Waals surface area (Å²) in [5.41, 5.74) is 7.18. The minimum Gasteiger partial charge on any atom is -0.323 e. The van der Waals surface area contributed by atoms with Crippen molar-refractivity contribution in [3.05, 3.63) is 24.0 Å². The summed E-state index contributed by atoms with van der Waals surface area (Å²) in [5.74, 6) is -0.182. The average molecular weight is 221 g/mol. The molecule has 0 aliphatic carbocycles. The Morgan fingerprint density at radius 3 is 2.50 bits per heavy atom. The molecule has 1 heterocycles. The van der Waals surface area contributed by atoms with Crippen LogP contribution in [0.5, 0.6) is 0 Å². The van der Waals surface area contributed by atoms with Gasteiger partial charge in [-0.2, -0.15) is 0 Å². The molecule has 3 N–H and O–H groups in total. The first-order chi connectivity index (χ1) is 7.30. The zero-order valence-corrected chi connectivity index (χ0v) is 10.2. The number of amides is 1. The van der Waals surface area contributed by atoms with Gasteiger partial charge in [0, 0.05) is 5.69 Å². The first-order valence-corrected chi connectivity index (χ1v) is 5.30. The molecule has 1 aromatic heterocycles. The number of anilines is 1. The SMILES string of the molecule is Cc1ccc(NC(=O)C(N)C(C)(C)C)cn1. The van der Waals surface area contributed by atoms with Crippen LogP contribution in [0.2, 0.25) is 0 Å². The number of aromatic nitrogens is 1. The number of rotatable bonds is 2. The zero-order valence-electron chi connectivity index (χ0n) is 10.2. The van der Waals surface area contributed by atoms with Gasteiger partial charge in [0.15, 0.2) is 0 Å². The van der Waals surface area contributed by atoms with Crippen molar-refractivity contribution in [2.75, 3.05) is 5.32 Å². The number of carbonyl (C=O) groups excluding carboxylic acids is 1. The molecule has 0 aromatic carbocycles. The van der Waals surface area contributed by atoms with Crippen LogP contribution in [0.3, 0.4) is 0 Å². The summed E-state index contributed by atoms with van der Waals surface area (Å²) < 4.78 is 0. The monoisotopic (exact) mass is 221 g/mol. The Bertz CT molecular complexity index is 365. The van der Waals surface area contributed by atoms with Gasteiger partial charge in [0.25, 0.3) is 0 Å². The van der Waals surface area contributed by atoms with Crippen molar-refractivity contribution in [1.29, 1.82) is 0 Å². The van der Waals surface area contributed by atoms with Gasteiger partial charge in [0.2, 0.25) is 5.91 Å². The molecule has 0 radical (unpaired) electrons. The van der Waals surface area contributed by atoms with Gasteiger partial charge in [-0.05, 0) is 24.5 Å². The van der Waals surface area contributed by atoms with Crippen LogP contribution in [0.1, 0.15) is 26.5 Å². The highest BCUT2D eigenvalue weighted by Gasteiger charge is 2.27. The third-order valence-corrected chi connectivity index (χ3v) is 2.39. The lowest BCUT2D eigenvalue weighted by Gasteiger charge is -2.25. The van der Waals surface area contributed by atoms with Crippen molar-refractivity contribution in [2.45, 2.75) is 33.7 Å². The zero-order chi connectivity index (χ0) is 12.3. The van der Waals surface area contributed by atoms with Crippen molar-refractivity contribution < 1.29 is 4.79 Å². The second-order valence-electron chi connectivity index (χ2n) is 5.02. The van der Waals surface area contributed by atoms with E-state index in [1.54, 1.807) is 6.20 Å². The third kappa shape index (κ3) is 3.31. The first kappa shape index (κ1) is 12.6. The van der Waals surface area contributed by atoms with Crippen LogP contribution < -0.4 is 11.1 Å². The van der Waals surface area contributed by atoms with Gasteiger partial charge >= 0.3 is 0 Å². The van der Waals surface area contributed by atoms with Crippen molar-refractivity contribution in [2.24, 2.45) is 11.1 Å². The molecule has 0 saturated heterocycles. The van der Waals surface area contributed by atoms with Gasteiger partial charge in [-0.3, -0.25) is 9.78 Å². The standard InChI is InChI=1S/C12H19N3O/c1-8-5-6-9(7-14-8)15-11(16)10(13)12(2,3)4/h5-7,10H,13H2,1-4H3,(H,15,16). The number of hydrogen-bond donors (Lipinski definition) is 2. The maximum Gasteiger partial charge on any atom is 0.241 e. The van der Waals surface area contributed by atoms with Crippen LogP contribution in [0, 0.1) is 12.3 Å². The largest absolute Gasteiger partial charge is 0.323 e. The molecule has 1 rings (SSSR count). The van der Waals surface area contributed by atoms with Crippen molar-refractivity contribution >= 4 is 11.6 Å². The number of nitrogens with zero attached hydrogens (tertiary/aromatic N) is 1. The quantitative estimate of drug-likeness (QED) is 0.798. The van der Waals surface area contributed by atoms with E-state index in [-0.39, 0.29) is 11.3 Å². The predicted molar refractivity (Wildman–Crippen MR) is 65.0 cm³/mol. The van der Waals surface area contributed by atoms with Gasteiger partial charge in [-0.1, -0.05) is 20.8 Å². The van der Waals surface area contributed by atoms with Crippen LogP contribution in [-0.4, -0.2) is 16.9 Å². The molecule has 4 nitrogen and oxygen atoms in total. The summed E-state index contributed by atoms with van der Waals surface area (Å²) in [5, 5.41) is 2.75. The molecule has 0 fully saturated rings. The number of carbonyl (C=O) groups is 1. The molecule has 1 atom stereocenters. The Hall–Kier alpha value is -1.42. The van der Waals surface area contributed by atoms with E-state index in [0.29, 0.717) is 5.69 Å². The Morgan fingerprint density at radius 1 is 1.44 bits per heavy atom. The van der Waals surface area contributed by atoms with Crippen molar-refractivity contribution in [1.82, 2.24) is 4.98 Å². The lowest BCUT2D eigenvalue weighted by molar-refractivity contribution is -0.119. The smallest absolute Gasteiger partial charge is 0.241 e. The van der Waals surface area contributed by atoms with Gasteiger partial charge in [-0.25, -0.2) is 0 Å². The molecule has 0 spiro atoms. The van der Waals surface area contributed by atoms with Gasteiger partial charge in [0.1, 0.15) is 0 Å². The fraction of sp³-hybridized carbons (Fsp3) is 0.500. The third-order valence-electron chi connectivity index (χ3n) is 2.39. The van der Waals surface area contributed by atoms with Crippen LogP contribution in [0.25, 0.3) is 0 Å². The fourth-order valence-corrected chi connectivity index (χ4v) is 1.16. The topological polar surface area (TPSA) is 68.0 Å². The Kier molecular flexibility index (Phi) is 3.65. The highest BCUT2D eigenvalue weighted by molar-refractivity contribution is 5.95. The van der Waals surface area contributed by atoms with Gasteiger partial charge in [-0.15, -0.1) is 0 Å². The average Bonchev–Trinajstić information content (AvgIpc) is 2.19. The molecular formula is C12H19N3O. The second-order valence-corrected chi connectivity index (χ2v) is 5.02. The van der Waals surface area contributed by atoms with E-state index < -0.39 is 6.04 Å². The summed E-state index contributed by atoms with van der Waals surface area (Å²) in [6, 6.07) is 3.13. The molecule has 0 aliphatic heterocycles. The molecule has 0 bridgehead atoms. The lowest BCUT2D eigenvalue weighted by Crippen LogP contribution is -2.45. The minimum atomic E-state index is -0.534. The Balaban J connectivity index is 2.68. The van der Waals surface area contributed by atoms with Crippen LogP contribution in [0.15, 0.2) is 18.3 Å². The van der Waals surface area contributed by atoms with E-state index in [9.17, 15) is 4.79 Å². The first-order valence-electron chi connectivity index (χ1n) is 5.30. The number of hydrogen-bond acceptors (Lipinski definition) is 3. The fourth-order valence-electron chi connectivity index (χ4n) is 1.16. The molecule has 1 amide bonds. The highest BCUT2D eigenvalue weighted by atomic mass is 16.2. The normalized spacial score (nSPS) is 13.3. The van der Waals surface area contributed by atoms with Gasteiger partial charge in [0.05, 0.1) is 17.9 Å². The molecule has 88 valence electrons. The summed E-state index contributed by atoms with van der Waals surface area (Å²) in [4.78, 5) is 15.9. The second kappa shape index (κ2) is 4.61. The number of nitrogens with two attached hydrogens (primary N) is 1. The Morgan fingerprint density at radius 2 is 2.06 bits per heavy atom. The van der Waals surface area contributed by atoms with E-state index in [1.807, 2.05) is 39.8 Å². The van der Waals surface area contributed by atoms with E-state index in [0.717, 1.165) is 5.69 Å². The summed E-state index contributed by atoms with van der Waals surface area (Å²) in [7, 11) is 0. The molecule has 16 heavy (non-hydrogen) atoms. The minimum absolute atomic E-state index is 0.182. The molecule has 0 saturated carbocycles. The van der Waals surface area contributed by atoms with E-state index in [4.69, 9.17) is 5.73 Å². The molecule has 0 aliphatic rings. The van der Waals surface area contributed by atoms with E-state index >= 15 is 0 Å². The lowest BCUT2D eigenvalue weighted by atomic mass is 9.87. The molecule has 1 unspecified atom stereocenters. The molecule has 4 heteroatoms. The van der Waals surface area contributed by atoms with E-state index in [1.165, 1.54) is 0 Å². The molecule has 1 aromatic rings. The summed E-state index contributed by atoms with van der Waals surface area (Å²) in [6.45, 7) is 7.70. The van der Waals surface area contributed by atoms with Crippen molar-refractivity contribution in [3.63, 3.8) is 0 Å². The predicted octanol–water partition coefficient (Wildman–Crippen LogP) is 1.70. The summed E-state index contributed by atoms with van der Waals surface area (Å²) in [6.07, 6.45) is 1.63. The number of pyridine rings is 1. The Labute approximate surface area is 96.3 Å². The highest BCUT2D eigenvalue weighted by Crippen LogP contribution is 2.18. The maximum atomic E-state index is 11.8. The molecular weight excluding hydrogens is 202 g/mol. The van der Waals surface area contributed by atoms with Crippen LogP contribution >= 0.6 is 0 Å².